The van der Waals surface area contributed by atoms with Gasteiger partial charge in [0.05, 0.1) is 0 Å². The molecule has 0 atom stereocenters. The number of carbonyl (C=O) groups excluding carboxylic acids is 1. The summed E-state index contributed by atoms with van der Waals surface area (Å²) in [7, 11) is 1.95. The molecule has 0 spiro atoms. The van der Waals surface area contributed by atoms with E-state index in [1.54, 1.807) is 12.1 Å². The largest absolute Gasteiger partial charge is 0.354 e. The molecule has 0 unspecified atom stereocenters. The number of hydrogen-bond donors (Lipinski definition) is 1. The lowest BCUT2D eigenvalue weighted by molar-refractivity contribution is 0.102. The Balaban J connectivity index is 1.66. The van der Waals surface area contributed by atoms with Crippen molar-refractivity contribution in [3.63, 3.8) is 0 Å². The second-order valence-corrected chi connectivity index (χ2v) is 5.94. The molecule has 1 heterocycles. The molecule has 0 saturated heterocycles. The first-order chi connectivity index (χ1) is 12.1. The van der Waals surface area contributed by atoms with Crippen LogP contribution in [0.1, 0.15) is 21.6 Å². The predicted octanol–water partition coefficient (Wildman–Crippen LogP) is 3.67. The first kappa shape index (κ1) is 16.6. The van der Waals surface area contributed by atoms with Crippen molar-refractivity contribution in [2.75, 3.05) is 17.3 Å². The monoisotopic (exact) mass is 332 g/mol. The minimum absolute atomic E-state index is 0.268. The predicted molar refractivity (Wildman–Crippen MR) is 99.7 cm³/mol. The summed E-state index contributed by atoms with van der Waals surface area (Å²) in [5.74, 6) is 0.450. The maximum absolute atomic E-state index is 12.3. The maximum atomic E-state index is 12.3. The molecule has 0 radical (unpaired) electrons. The summed E-state index contributed by atoms with van der Waals surface area (Å²) in [5, 5.41) is 11.1. The van der Waals surface area contributed by atoms with Crippen molar-refractivity contribution < 1.29 is 4.79 Å². The van der Waals surface area contributed by atoms with Crippen molar-refractivity contribution in [3.8, 4) is 0 Å². The van der Waals surface area contributed by atoms with Crippen LogP contribution < -0.4 is 10.2 Å². The van der Waals surface area contributed by atoms with Crippen LogP contribution in [0.5, 0.6) is 0 Å². The molecule has 0 bridgehead atoms. The minimum Gasteiger partial charge on any atom is -0.354 e. The van der Waals surface area contributed by atoms with E-state index in [1.165, 1.54) is 5.56 Å². The van der Waals surface area contributed by atoms with Crippen LogP contribution >= 0.6 is 0 Å². The lowest BCUT2D eigenvalue weighted by Gasteiger charge is -2.17. The number of nitrogens with one attached hydrogen (secondary N) is 1. The molecule has 0 fully saturated rings. The van der Waals surface area contributed by atoms with E-state index in [1.807, 2.05) is 61.3 Å². The summed E-state index contributed by atoms with van der Waals surface area (Å²) < 4.78 is 0. The zero-order valence-electron chi connectivity index (χ0n) is 14.3. The van der Waals surface area contributed by atoms with Crippen LogP contribution in [0.3, 0.4) is 0 Å². The van der Waals surface area contributed by atoms with Crippen LogP contribution in [0.2, 0.25) is 0 Å². The summed E-state index contributed by atoms with van der Waals surface area (Å²) in [5.41, 5.74) is 3.31. The number of aryl methyl sites for hydroxylation is 1. The Hall–Kier alpha value is -3.21. The average Bonchev–Trinajstić information content (AvgIpc) is 2.62. The normalized spacial score (nSPS) is 10.3. The molecular weight excluding hydrogens is 312 g/mol. The smallest absolute Gasteiger partial charge is 0.276 e. The van der Waals surface area contributed by atoms with E-state index in [4.69, 9.17) is 0 Å². The van der Waals surface area contributed by atoms with E-state index in [2.05, 4.69) is 27.6 Å². The van der Waals surface area contributed by atoms with Gasteiger partial charge in [-0.25, -0.2) is 0 Å². The Morgan fingerprint density at radius 3 is 2.48 bits per heavy atom. The molecule has 5 heteroatoms. The van der Waals surface area contributed by atoms with Gasteiger partial charge in [0.2, 0.25) is 0 Å². The third-order valence-corrected chi connectivity index (χ3v) is 3.81. The fourth-order valence-corrected chi connectivity index (χ4v) is 2.51. The molecule has 1 aromatic heterocycles. The maximum Gasteiger partial charge on any atom is 0.276 e. The third kappa shape index (κ3) is 4.41. The van der Waals surface area contributed by atoms with Gasteiger partial charge in [-0.3, -0.25) is 4.79 Å². The number of amides is 1. The van der Waals surface area contributed by atoms with Gasteiger partial charge in [-0.05, 0) is 42.3 Å². The Morgan fingerprint density at radius 2 is 1.80 bits per heavy atom. The topological polar surface area (TPSA) is 58.1 Å². The molecule has 3 rings (SSSR count). The Bertz CT molecular complexity index is 847. The zero-order chi connectivity index (χ0) is 17.6. The molecule has 1 amide bonds. The fourth-order valence-electron chi connectivity index (χ4n) is 2.51. The molecule has 0 saturated carbocycles. The molecule has 1 N–H and O–H groups in total. The van der Waals surface area contributed by atoms with Gasteiger partial charge >= 0.3 is 0 Å². The highest BCUT2D eigenvalue weighted by atomic mass is 16.1. The van der Waals surface area contributed by atoms with Gasteiger partial charge < -0.3 is 10.2 Å². The molecular formula is C20H20N4O. The van der Waals surface area contributed by atoms with Gasteiger partial charge in [0.25, 0.3) is 5.91 Å². The summed E-state index contributed by atoms with van der Waals surface area (Å²) in [6.45, 7) is 2.71. The lowest BCUT2D eigenvalue weighted by atomic mass is 10.2. The van der Waals surface area contributed by atoms with Gasteiger partial charge in [0.15, 0.2) is 11.5 Å². The number of anilines is 2. The van der Waals surface area contributed by atoms with Crippen molar-refractivity contribution in [1.82, 2.24) is 10.2 Å². The number of carbonyl (C=O) groups is 1. The molecule has 25 heavy (non-hydrogen) atoms. The molecule has 5 nitrogen and oxygen atoms in total. The number of nitrogens with zero attached hydrogens (tertiary/aromatic N) is 3. The van der Waals surface area contributed by atoms with Crippen LogP contribution in [0.15, 0.2) is 66.7 Å². The SMILES string of the molecule is Cc1cccc(NC(=O)c2ccc(N(C)Cc3ccccc3)nn2)c1. The van der Waals surface area contributed by atoms with Gasteiger partial charge in [-0.1, -0.05) is 42.5 Å². The quantitative estimate of drug-likeness (QED) is 0.774. The molecule has 126 valence electrons. The van der Waals surface area contributed by atoms with E-state index in [-0.39, 0.29) is 5.91 Å². The van der Waals surface area contributed by atoms with Gasteiger partial charge in [-0.15, -0.1) is 10.2 Å². The summed E-state index contributed by atoms with van der Waals surface area (Å²) in [6.07, 6.45) is 0. The average molecular weight is 332 g/mol. The lowest BCUT2D eigenvalue weighted by Crippen LogP contribution is -2.20. The highest BCUT2D eigenvalue weighted by Gasteiger charge is 2.10. The van der Waals surface area contributed by atoms with E-state index < -0.39 is 0 Å². The van der Waals surface area contributed by atoms with Crippen LogP contribution in [0.4, 0.5) is 11.5 Å². The number of benzene rings is 2. The van der Waals surface area contributed by atoms with Crippen molar-refractivity contribution in [2.24, 2.45) is 0 Å². The van der Waals surface area contributed by atoms with Gasteiger partial charge in [-0.2, -0.15) is 0 Å². The van der Waals surface area contributed by atoms with Crippen LogP contribution in [-0.4, -0.2) is 23.2 Å². The summed E-state index contributed by atoms with van der Waals surface area (Å²) in [4.78, 5) is 14.3. The van der Waals surface area contributed by atoms with E-state index >= 15 is 0 Å². The first-order valence-corrected chi connectivity index (χ1v) is 8.08. The van der Waals surface area contributed by atoms with Crippen molar-refractivity contribution in [2.45, 2.75) is 13.5 Å². The number of aromatic nitrogens is 2. The summed E-state index contributed by atoms with van der Waals surface area (Å²) >= 11 is 0. The Kier molecular flexibility index (Phi) is 5.04. The Labute approximate surface area is 147 Å². The number of rotatable bonds is 5. The van der Waals surface area contributed by atoms with Gasteiger partial charge in [0.1, 0.15) is 0 Å². The van der Waals surface area contributed by atoms with Crippen molar-refractivity contribution >= 4 is 17.4 Å². The molecule has 0 aliphatic rings. The van der Waals surface area contributed by atoms with Crippen molar-refractivity contribution in [1.29, 1.82) is 0 Å². The zero-order valence-corrected chi connectivity index (χ0v) is 14.3. The molecule has 0 aliphatic carbocycles. The van der Waals surface area contributed by atoms with E-state index in [0.717, 1.165) is 23.6 Å². The van der Waals surface area contributed by atoms with Crippen LogP contribution in [0.25, 0.3) is 0 Å². The van der Waals surface area contributed by atoms with Crippen molar-refractivity contribution in [3.05, 3.63) is 83.6 Å². The molecule has 2 aromatic carbocycles. The highest BCUT2D eigenvalue weighted by Crippen LogP contribution is 2.14. The second kappa shape index (κ2) is 7.57. The van der Waals surface area contributed by atoms with Crippen LogP contribution in [-0.2, 0) is 6.54 Å². The minimum atomic E-state index is -0.268. The second-order valence-electron chi connectivity index (χ2n) is 5.94. The van der Waals surface area contributed by atoms with Crippen LogP contribution in [0, 0.1) is 6.92 Å². The van der Waals surface area contributed by atoms with E-state index in [9.17, 15) is 4.79 Å². The van der Waals surface area contributed by atoms with E-state index in [0.29, 0.717) is 5.69 Å². The number of hydrogen-bond acceptors (Lipinski definition) is 4. The summed E-state index contributed by atoms with van der Waals surface area (Å²) in [6, 6.07) is 21.3. The van der Waals surface area contributed by atoms with Gasteiger partial charge in [0, 0.05) is 19.3 Å². The third-order valence-electron chi connectivity index (χ3n) is 3.81. The molecule has 0 aliphatic heterocycles. The fraction of sp³-hybridized carbons (Fsp3) is 0.150. The Morgan fingerprint density at radius 1 is 1.00 bits per heavy atom. The first-order valence-electron chi connectivity index (χ1n) is 8.08. The highest BCUT2D eigenvalue weighted by molar-refractivity contribution is 6.02. The molecule has 3 aromatic rings. The standard InChI is InChI=1S/C20H20N4O/c1-15-7-6-10-17(13-15)21-20(25)18-11-12-19(23-22-18)24(2)14-16-8-4-3-5-9-16/h3-13H,14H2,1-2H3,(H,21,25).